The minimum atomic E-state index is -3.50. The number of rotatable bonds is 8. The van der Waals surface area contributed by atoms with Crippen LogP contribution in [0.5, 0.6) is 0 Å². The number of urea groups is 1. The van der Waals surface area contributed by atoms with Crippen molar-refractivity contribution in [3.05, 3.63) is 41.5 Å². The summed E-state index contributed by atoms with van der Waals surface area (Å²) in [6.07, 6.45) is 2.78. The van der Waals surface area contributed by atoms with Crippen LogP contribution in [0.3, 0.4) is 0 Å². The van der Waals surface area contributed by atoms with E-state index in [1.54, 1.807) is 30.2 Å². The number of methoxy groups -OCH3 is 1. The zero-order valence-electron chi connectivity index (χ0n) is 19.1. The molecule has 3 N–H and O–H groups in total. The number of aromatic nitrogens is 1. The fraction of sp³-hybridized carbons (Fsp3) is 0.500. The molecule has 1 aromatic heterocycles. The van der Waals surface area contributed by atoms with E-state index in [9.17, 15) is 13.2 Å². The van der Waals surface area contributed by atoms with Crippen LogP contribution in [0, 0.1) is 17.2 Å². The number of amides is 2. The Morgan fingerprint density at radius 2 is 2.03 bits per heavy atom. The third-order valence-electron chi connectivity index (χ3n) is 6.35. The molecular formula is C22H30N6O4S2. The first kappa shape index (κ1) is 24.6. The molecule has 184 valence electrons. The van der Waals surface area contributed by atoms with E-state index in [2.05, 4.69) is 4.98 Å². The van der Waals surface area contributed by atoms with Gasteiger partial charge in [-0.15, -0.1) is 11.3 Å². The van der Waals surface area contributed by atoms with E-state index in [0.717, 1.165) is 11.3 Å². The first-order valence-electron chi connectivity index (χ1n) is 11.2. The zero-order valence-corrected chi connectivity index (χ0v) is 20.7. The minimum Gasteiger partial charge on any atom is -0.384 e. The molecule has 10 nitrogen and oxygen atoms in total. The summed E-state index contributed by atoms with van der Waals surface area (Å²) in [5, 5.41) is 7.71. The molecular weight excluding hydrogens is 476 g/mol. The maximum atomic E-state index is 13.4. The molecule has 1 atom stereocenters. The predicted octanol–water partition coefficient (Wildman–Crippen LogP) is 2.03. The van der Waals surface area contributed by atoms with E-state index in [1.807, 2.05) is 11.0 Å². The van der Waals surface area contributed by atoms with Crippen molar-refractivity contribution < 1.29 is 17.9 Å². The summed E-state index contributed by atoms with van der Waals surface area (Å²) in [6.45, 7) is 3.07. The van der Waals surface area contributed by atoms with Crippen molar-refractivity contribution in [3.63, 3.8) is 0 Å². The van der Waals surface area contributed by atoms with Crippen molar-refractivity contribution in [3.8, 4) is 0 Å². The number of nitrogen functional groups attached to an aromatic ring is 1. The summed E-state index contributed by atoms with van der Waals surface area (Å²) in [6, 6.07) is 7.06. The molecule has 1 unspecified atom stereocenters. The molecule has 4 rings (SSSR count). The van der Waals surface area contributed by atoms with Gasteiger partial charge < -0.3 is 15.4 Å². The number of hydrogen-bond donors (Lipinski definition) is 2. The van der Waals surface area contributed by atoms with Gasteiger partial charge in [0, 0.05) is 57.0 Å². The van der Waals surface area contributed by atoms with Crippen LogP contribution in [-0.2, 0) is 14.8 Å². The second-order valence-electron chi connectivity index (χ2n) is 8.75. The summed E-state index contributed by atoms with van der Waals surface area (Å²) < 4.78 is 32.7. The molecule has 0 bridgehead atoms. The van der Waals surface area contributed by atoms with Crippen LogP contribution in [0.1, 0.15) is 18.4 Å². The fourth-order valence-corrected chi connectivity index (χ4v) is 7.03. The van der Waals surface area contributed by atoms with E-state index >= 15 is 0 Å². The van der Waals surface area contributed by atoms with Crippen molar-refractivity contribution in [1.82, 2.24) is 14.2 Å². The second-order valence-corrected chi connectivity index (χ2v) is 11.8. The molecule has 2 amide bonds. The van der Waals surface area contributed by atoms with Crippen LogP contribution in [-0.4, -0.2) is 80.9 Å². The Morgan fingerprint density at radius 3 is 2.68 bits per heavy atom. The molecule has 34 heavy (non-hydrogen) atoms. The molecule has 2 saturated heterocycles. The predicted molar refractivity (Wildman–Crippen MR) is 131 cm³/mol. The Bertz CT molecular complexity index is 1120. The van der Waals surface area contributed by atoms with Crippen LogP contribution in [0.25, 0.3) is 0 Å². The third-order valence-corrected chi connectivity index (χ3v) is 9.49. The molecule has 0 aliphatic carbocycles. The number of nitrogens with two attached hydrogens (primary N) is 1. The number of benzene rings is 1. The van der Waals surface area contributed by atoms with Gasteiger partial charge in [-0.25, -0.2) is 13.2 Å². The van der Waals surface area contributed by atoms with Crippen molar-refractivity contribution >= 4 is 38.9 Å². The number of carbonyl (C=O) groups excluding carboxylic acids is 1. The molecule has 3 heterocycles. The first-order chi connectivity index (χ1) is 16.3. The molecule has 0 saturated carbocycles. The summed E-state index contributed by atoms with van der Waals surface area (Å²) in [4.78, 5) is 20.9. The zero-order chi connectivity index (χ0) is 24.3. The van der Waals surface area contributed by atoms with Gasteiger partial charge in [0.15, 0.2) is 4.21 Å². The van der Waals surface area contributed by atoms with Gasteiger partial charge in [-0.1, -0.05) is 12.1 Å². The highest BCUT2D eigenvalue weighted by Gasteiger charge is 2.36. The molecule has 2 aliphatic rings. The highest BCUT2D eigenvalue weighted by atomic mass is 32.2. The van der Waals surface area contributed by atoms with Gasteiger partial charge in [-0.05, 0) is 30.9 Å². The number of sulfonamides is 1. The first-order valence-corrected chi connectivity index (χ1v) is 13.5. The molecule has 12 heteroatoms. The third kappa shape index (κ3) is 5.24. The van der Waals surface area contributed by atoms with Crippen LogP contribution in [0.2, 0.25) is 0 Å². The van der Waals surface area contributed by atoms with Gasteiger partial charge >= 0.3 is 6.03 Å². The smallest absolute Gasteiger partial charge is 0.324 e. The summed E-state index contributed by atoms with van der Waals surface area (Å²) >= 11 is 1.13. The lowest BCUT2D eigenvalue weighted by Crippen LogP contribution is -2.56. The average molecular weight is 507 g/mol. The van der Waals surface area contributed by atoms with E-state index in [0.29, 0.717) is 63.4 Å². The molecule has 2 aromatic rings. The van der Waals surface area contributed by atoms with Gasteiger partial charge in [-0.2, -0.15) is 4.31 Å². The van der Waals surface area contributed by atoms with Crippen LogP contribution >= 0.6 is 11.3 Å². The Labute approximate surface area is 203 Å². The van der Waals surface area contributed by atoms with E-state index in [4.69, 9.17) is 15.9 Å². The van der Waals surface area contributed by atoms with E-state index in [1.165, 1.54) is 16.0 Å². The van der Waals surface area contributed by atoms with E-state index in [-0.39, 0.29) is 27.9 Å². The molecule has 2 fully saturated rings. The number of amidine groups is 1. The lowest BCUT2D eigenvalue weighted by atomic mass is 9.96. The summed E-state index contributed by atoms with van der Waals surface area (Å²) in [7, 11) is -1.85. The lowest BCUT2D eigenvalue weighted by molar-refractivity contribution is 0.105. The summed E-state index contributed by atoms with van der Waals surface area (Å²) in [5.41, 5.74) is 8.44. The van der Waals surface area contributed by atoms with Crippen molar-refractivity contribution in [1.29, 1.82) is 5.41 Å². The van der Waals surface area contributed by atoms with E-state index < -0.39 is 10.0 Å². The lowest BCUT2D eigenvalue weighted by Gasteiger charge is -2.42. The number of nitrogens with one attached hydrogen (secondary N) is 1. The standard InChI is InChI=1S/C22H30N6O4S2/c1-32-14-17-12-26(22(29)28(13-17)19-4-2-3-18(9-19)21(23)24)11-16-5-7-27(8-6-16)34(30,31)20-10-25-15-33-20/h2-4,9-10,15-17H,5-8,11-14H2,1H3,(H3,23,24). The van der Waals surface area contributed by atoms with Crippen LogP contribution < -0.4 is 10.6 Å². The Kier molecular flexibility index (Phi) is 7.51. The van der Waals surface area contributed by atoms with Crippen molar-refractivity contribution in [2.24, 2.45) is 17.6 Å². The van der Waals surface area contributed by atoms with Gasteiger partial charge in [0.1, 0.15) is 5.84 Å². The highest BCUT2D eigenvalue weighted by molar-refractivity contribution is 7.91. The number of anilines is 1. The maximum absolute atomic E-state index is 13.4. The average Bonchev–Trinajstić information content (AvgIpc) is 3.38. The molecule has 0 radical (unpaired) electrons. The van der Waals surface area contributed by atoms with Gasteiger partial charge in [0.05, 0.1) is 18.3 Å². The summed E-state index contributed by atoms with van der Waals surface area (Å²) in [5.74, 6) is 0.302. The Hall–Kier alpha value is -2.54. The monoisotopic (exact) mass is 506 g/mol. The second kappa shape index (κ2) is 10.4. The number of thiazole rings is 1. The van der Waals surface area contributed by atoms with Gasteiger partial charge in [-0.3, -0.25) is 15.3 Å². The van der Waals surface area contributed by atoms with Gasteiger partial charge in [0.25, 0.3) is 10.0 Å². The number of ether oxygens (including phenoxy) is 1. The molecule has 1 aromatic carbocycles. The Morgan fingerprint density at radius 1 is 1.26 bits per heavy atom. The van der Waals surface area contributed by atoms with Crippen molar-refractivity contribution in [2.45, 2.75) is 17.1 Å². The Balaban J connectivity index is 1.44. The van der Waals surface area contributed by atoms with Crippen molar-refractivity contribution in [2.75, 3.05) is 51.3 Å². The molecule has 2 aliphatic heterocycles. The fourth-order valence-electron chi connectivity index (χ4n) is 4.61. The van der Waals surface area contributed by atoms with Crippen LogP contribution in [0.15, 0.2) is 40.2 Å². The maximum Gasteiger partial charge on any atom is 0.324 e. The largest absolute Gasteiger partial charge is 0.384 e. The quantitative estimate of drug-likeness (QED) is 0.416. The SMILES string of the molecule is COCC1CN(CC2CCN(S(=O)(=O)c3cncs3)CC2)C(=O)N(c2cccc(C(=N)N)c2)C1. The highest BCUT2D eigenvalue weighted by Crippen LogP contribution is 2.29. The van der Waals surface area contributed by atoms with Gasteiger partial charge in [0.2, 0.25) is 0 Å². The topological polar surface area (TPSA) is 133 Å². The minimum absolute atomic E-state index is 0.0448. The normalized spacial score (nSPS) is 20.6. The number of nitrogens with zero attached hydrogens (tertiary/aromatic N) is 4. The number of carbonyl (C=O) groups is 1. The van der Waals surface area contributed by atoms with Crippen LogP contribution in [0.4, 0.5) is 10.5 Å². The molecule has 0 spiro atoms. The number of hydrogen-bond acceptors (Lipinski definition) is 7. The number of piperidine rings is 1.